The molecule has 1 saturated carbocycles. The summed E-state index contributed by atoms with van der Waals surface area (Å²) in [5.74, 6) is 0.444. The van der Waals surface area contributed by atoms with Crippen LogP contribution in [0.3, 0.4) is 0 Å². The molecule has 0 aliphatic heterocycles. The van der Waals surface area contributed by atoms with E-state index in [1.807, 2.05) is 13.0 Å². The van der Waals surface area contributed by atoms with Crippen LogP contribution < -0.4 is 4.72 Å². The Labute approximate surface area is 101 Å². The maximum atomic E-state index is 12.1. The van der Waals surface area contributed by atoms with Crippen molar-refractivity contribution in [3.05, 3.63) is 29.8 Å². The molecule has 0 bridgehead atoms. The van der Waals surface area contributed by atoms with Crippen molar-refractivity contribution in [2.45, 2.75) is 30.7 Å². The van der Waals surface area contributed by atoms with Crippen LogP contribution in [0.5, 0.6) is 0 Å². The molecule has 4 nitrogen and oxygen atoms in total. The van der Waals surface area contributed by atoms with E-state index in [4.69, 9.17) is 5.26 Å². The van der Waals surface area contributed by atoms with Gasteiger partial charge in [-0.3, -0.25) is 0 Å². The first-order valence-corrected chi connectivity index (χ1v) is 7.04. The number of hydrogen-bond donors (Lipinski definition) is 1. The SMILES string of the molecule is CC(NS(=O)(=O)c1ccccc1C#N)C1CC1. The van der Waals surface area contributed by atoms with E-state index in [1.54, 1.807) is 12.1 Å². The van der Waals surface area contributed by atoms with Crippen LogP contribution in [0.1, 0.15) is 25.3 Å². The number of nitriles is 1. The summed E-state index contributed by atoms with van der Waals surface area (Å²) in [4.78, 5) is 0.0648. The Balaban J connectivity index is 2.28. The van der Waals surface area contributed by atoms with E-state index in [2.05, 4.69) is 4.72 Å². The van der Waals surface area contributed by atoms with Gasteiger partial charge in [0.05, 0.1) is 10.5 Å². The summed E-state index contributed by atoms with van der Waals surface area (Å²) in [5, 5.41) is 8.90. The molecule has 1 aromatic rings. The van der Waals surface area contributed by atoms with Crippen LogP contribution >= 0.6 is 0 Å². The van der Waals surface area contributed by atoms with Gasteiger partial charge in [0, 0.05) is 6.04 Å². The molecule has 2 rings (SSSR count). The fourth-order valence-electron chi connectivity index (χ4n) is 1.79. The molecule has 5 heteroatoms. The smallest absolute Gasteiger partial charge is 0.208 e. The highest BCUT2D eigenvalue weighted by atomic mass is 32.2. The molecular formula is C12H14N2O2S. The van der Waals surface area contributed by atoms with Crippen molar-refractivity contribution in [1.29, 1.82) is 5.26 Å². The Morgan fingerprint density at radius 1 is 1.41 bits per heavy atom. The number of hydrogen-bond acceptors (Lipinski definition) is 3. The summed E-state index contributed by atoms with van der Waals surface area (Å²) < 4.78 is 26.8. The Morgan fingerprint density at radius 3 is 2.65 bits per heavy atom. The largest absolute Gasteiger partial charge is 0.242 e. The topological polar surface area (TPSA) is 70.0 Å². The second-order valence-electron chi connectivity index (χ2n) is 4.36. The zero-order valence-electron chi connectivity index (χ0n) is 9.55. The quantitative estimate of drug-likeness (QED) is 0.883. The number of rotatable bonds is 4. The molecule has 0 spiro atoms. The molecule has 0 radical (unpaired) electrons. The van der Waals surface area contributed by atoms with E-state index < -0.39 is 10.0 Å². The predicted octanol–water partition coefficient (Wildman–Crippen LogP) is 1.64. The van der Waals surface area contributed by atoms with E-state index in [-0.39, 0.29) is 16.5 Å². The molecular weight excluding hydrogens is 236 g/mol. The van der Waals surface area contributed by atoms with Crippen molar-refractivity contribution in [2.75, 3.05) is 0 Å². The monoisotopic (exact) mass is 250 g/mol. The molecule has 0 heterocycles. The van der Waals surface area contributed by atoms with Crippen LogP contribution in [0.2, 0.25) is 0 Å². The standard InChI is InChI=1S/C12H14N2O2S/c1-9(10-6-7-10)14-17(15,16)12-5-3-2-4-11(12)8-13/h2-5,9-10,14H,6-7H2,1H3. The molecule has 90 valence electrons. The first kappa shape index (κ1) is 12.1. The van der Waals surface area contributed by atoms with Gasteiger partial charge in [-0.15, -0.1) is 0 Å². The molecule has 0 aromatic heterocycles. The highest BCUT2D eigenvalue weighted by molar-refractivity contribution is 7.89. The third kappa shape index (κ3) is 2.65. The Hall–Kier alpha value is -1.38. The number of nitrogens with zero attached hydrogens (tertiary/aromatic N) is 1. The highest BCUT2D eigenvalue weighted by Gasteiger charge is 2.31. The Kier molecular flexibility index (Phi) is 3.18. The average Bonchev–Trinajstić information content (AvgIpc) is 3.12. The molecule has 0 saturated heterocycles. The average molecular weight is 250 g/mol. The van der Waals surface area contributed by atoms with E-state index in [0.29, 0.717) is 5.92 Å². The third-order valence-corrected chi connectivity index (χ3v) is 4.58. The van der Waals surface area contributed by atoms with E-state index in [1.165, 1.54) is 12.1 Å². The molecule has 1 aliphatic carbocycles. The van der Waals surface area contributed by atoms with Crippen molar-refractivity contribution in [3.8, 4) is 6.07 Å². The molecule has 1 aromatic carbocycles. The summed E-state index contributed by atoms with van der Waals surface area (Å²) in [6, 6.07) is 8.08. The summed E-state index contributed by atoms with van der Waals surface area (Å²) in [5.41, 5.74) is 0.183. The summed E-state index contributed by atoms with van der Waals surface area (Å²) in [6.45, 7) is 1.87. The molecule has 1 N–H and O–H groups in total. The van der Waals surface area contributed by atoms with Gasteiger partial charge < -0.3 is 0 Å². The minimum absolute atomic E-state index is 0.0632. The van der Waals surface area contributed by atoms with Gasteiger partial charge in [0.2, 0.25) is 10.0 Å². The fraction of sp³-hybridized carbons (Fsp3) is 0.417. The van der Waals surface area contributed by atoms with Gasteiger partial charge in [0.25, 0.3) is 0 Å². The summed E-state index contributed by atoms with van der Waals surface area (Å²) >= 11 is 0. The lowest BCUT2D eigenvalue weighted by molar-refractivity contribution is 0.538. The van der Waals surface area contributed by atoms with Gasteiger partial charge in [-0.05, 0) is 37.8 Å². The van der Waals surface area contributed by atoms with Gasteiger partial charge in [-0.1, -0.05) is 12.1 Å². The first-order chi connectivity index (χ1) is 8.04. The van der Waals surface area contributed by atoms with Crippen LogP contribution in [0.25, 0.3) is 0 Å². The minimum Gasteiger partial charge on any atom is -0.208 e. The molecule has 17 heavy (non-hydrogen) atoms. The molecule has 0 amide bonds. The van der Waals surface area contributed by atoms with Crippen molar-refractivity contribution >= 4 is 10.0 Å². The molecule has 1 aliphatic rings. The van der Waals surface area contributed by atoms with Crippen molar-refractivity contribution < 1.29 is 8.42 Å². The van der Waals surface area contributed by atoms with Crippen LogP contribution in [0, 0.1) is 17.2 Å². The summed E-state index contributed by atoms with van der Waals surface area (Å²) in [7, 11) is -3.58. The zero-order valence-corrected chi connectivity index (χ0v) is 10.4. The normalized spacial score (nSPS) is 17.4. The van der Waals surface area contributed by atoms with Gasteiger partial charge in [0.1, 0.15) is 6.07 Å². The van der Waals surface area contributed by atoms with Crippen LogP contribution in [0.15, 0.2) is 29.2 Å². The molecule has 1 unspecified atom stereocenters. The Morgan fingerprint density at radius 2 is 2.06 bits per heavy atom. The fourth-order valence-corrected chi connectivity index (χ4v) is 3.26. The van der Waals surface area contributed by atoms with Gasteiger partial charge in [0.15, 0.2) is 0 Å². The molecule has 1 fully saturated rings. The first-order valence-electron chi connectivity index (χ1n) is 5.56. The lowest BCUT2D eigenvalue weighted by atomic mass is 10.2. The van der Waals surface area contributed by atoms with E-state index >= 15 is 0 Å². The van der Waals surface area contributed by atoms with Crippen LogP contribution in [-0.4, -0.2) is 14.5 Å². The zero-order chi connectivity index (χ0) is 12.5. The Bertz CT molecular complexity index is 556. The van der Waals surface area contributed by atoms with Gasteiger partial charge in [-0.2, -0.15) is 5.26 Å². The second-order valence-corrected chi connectivity index (χ2v) is 6.04. The van der Waals surface area contributed by atoms with Crippen molar-refractivity contribution in [2.24, 2.45) is 5.92 Å². The lowest BCUT2D eigenvalue weighted by Crippen LogP contribution is -2.34. The third-order valence-electron chi connectivity index (χ3n) is 2.97. The van der Waals surface area contributed by atoms with E-state index in [0.717, 1.165) is 12.8 Å². The maximum absolute atomic E-state index is 12.1. The highest BCUT2D eigenvalue weighted by Crippen LogP contribution is 2.33. The van der Waals surface area contributed by atoms with Crippen LogP contribution in [-0.2, 0) is 10.0 Å². The van der Waals surface area contributed by atoms with Crippen molar-refractivity contribution in [1.82, 2.24) is 4.72 Å². The summed E-state index contributed by atoms with van der Waals surface area (Å²) in [6.07, 6.45) is 2.15. The lowest BCUT2D eigenvalue weighted by Gasteiger charge is -2.13. The van der Waals surface area contributed by atoms with E-state index in [9.17, 15) is 8.42 Å². The predicted molar refractivity (Wildman–Crippen MR) is 63.7 cm³/mol. The van der Waals surface area contributed by atoms with Gasteiger partial charge >= 0.3 is 0 Å². The maximum Gasteiger partial charge on any atom is 0.242 e. The van der Waals surface area contributed by atoms with Crippen molar-refractivity contribution in [3.63, 3.8) is 0 Å². The van der Waals surface area contributed by atoms with Gasteiger partial charge in [-0.25, -0.2) is 13.1 Å². The number of benzene rings is 1. The second kappa shape index (κ2) is 4.47. The molecule has 1 atom stereocenters. The van der Waals surface area contributed by atoms with Crippen LogP contribution in [0.4, 0.5) is 0 Å². The number of sulfonamides is 1. The number of nitrogens with one attached hydrogen (secondary N) is 1. The minimum atomic E-state index is -3.58.